The minimum absolute atomic E-state index is 0.461. The van der Waals surface area contributed by atoms with Crippen LogP contribution in [0.4, 0.5) is 0 Å². The largest absolute Gasteiger partial charge is 0.106 e. The van der Waals surface area contributed by atoms with E-state index >= 15 is 0 Å². The molecule has 3 unspecified atom stereocenters. The van der Waals surface area contributed by atoms with E-state index in [-0.39, 0.29) is 0 Å². The van der Waals surface area contributed by atoms with Crippen molar-refractivity contribution in [2.45, 2.75) is 32.6 Å². The van der Waals surface area contributed by atoms with Crippen LogP contribution in [0.1, 0.15) is 32.6 Å². The highest BCUT2D eigenvalue weighted by molar-refractivity contribution is 4.98. The molecule has 0 N–H and O–H groups in total. The van der Waals surface area contributed by atoms with Gasteiger partial charge in [-0.3, -0.25) is 0 Å². The molecule has 3 atom stereocenters. The monoisotopic (exact) mass is 123 g/mol. The predicted octanol–water partition coefficient (Wildman–Crippen LogP) is 2.65. The fourth-order valence-corrected chi connectivity index (χ4v) is 2.72. The second-order valence-corrected chi connectivity index (χ2v) is 4.23. The molecule has 2 aliphatic carbocycles. The van der Waals surface area contributed by atoms with Crippen molar-refractivity contribution in [2.24, 2.45) is 17.3 Å². The van der Waals surface area contributed by atoms with Gasteiger partial charge in [-0.2, -0.15) is 0 Å². The van der Waals surface area contributed by atoms with Crippen molar-refractivity contribution >= 4 is 0 Å². The van der Waals surface area contributed by atoms with Crippen LogP contribution in [0.2, 0.25) is 0 Å². The Hall–Kier alpha value is -0.130. The summed E-state index contributed by atoms with van der Waals surface area (Å²) in [5.74, 6) is 2.03. The van der Waals surface area contributed by atoms with E-state index in [0.29, 0.717) is 5.41 Å². The summed E-state index contributed by atoms with van der Waals surface area (Å²) in [6.07, 6.45) is 5.85. The summed E-state index contributed by atoms with van der Waals surface area (Å²) in [7, 11) is 0. The van der Waals surface area contributed by atoms with Gasteiger partial charge in [-0.05, 0) is 38.5 Å². The average molecular weight is 123 g/mol. The normalized spacial score (nSPS) is 56.6. The third kappa shape index (κ3) is 0.687. The molecule has 2 rings (SSSR count). The molecule has 9 heavy (non-hydrogen) atoms. The van der Waals surface area contributed by atoms with Gasteiger partial charge in [0.15, 0.2) is 0 Å². The van der Waals surface area contributed by atoms with E-state index in [9.17, 15) is 0 Å². The van der Waals surface area contributed by atoms with Crippen LogP contribution in [0.3, 0.4) is 0 Å². The first-order valence-electron chi connectivity index (χ1n) is 4.04. The smallest absolute Gasteiger partial charge is 0.0498 e. The van der Waals surface area contributed by atoms with E-state index in [1.54, 1.807) is 0 Å². The van der Waals surface area contributed by atoms with Crippen LogP contribution in [0, 0.1) is 24.2 Å². The van der Waals surface area contributed by atoms with Gasteiger partial charge in [0.1, 0.15) is 5.41 Å². The number of hydrogen-bond donors (Lipinski definition) is 0. The van der Waals surface area contributed by atoms with E-state index in [2.05, 4.69) is 13.8 Å². The van der Waals surface area contributed by atoms with Crippen molar-refractivity contribution < 1.29 is 0 Å². The Morgan fingerprint density at radius 3 is 2.44 bits per heavy atom. The maximum atomic E-state index is 4.25. The molecule has 0 saturated heterocycles. The molecule has 0 heterocycles. The first kappa shape index (κ1) is 5.64. The van der Waals surface area contributed by atoms with E-state index < -0.39 is 0 Å². The highest BCUT2D eigenvalue weighted by Crippen LogP contribution is 2.54. The third-order valence-electron chi connectivity index (χ3n) is 3.28. The summed E-state index contributed by atoms with van der Waals surface area (Å²) in [5, 5.41) is 0. The van der Waals surface area contributed by atoms with Gasteiger partial charge in [0, 0.05) is 5.92 Å². The molecule has 0 amide bonds. The maximum absolute atomic E-state index is 4.25. The van der Waals surface area contributed by atoms with Crippen LogP contribution < -0.4 is 0 Å². The van der Waals surface area contributed by atoms with Gasteiger partial charge >= 0.3 is 0 Å². The Morgan fingerprint density at radius 2 is 2.22 bits per heavy atom. The molecule has 2 aliphatic rings. The summed E-state index contributed by atoms with van der Waals surface area (Å²) < 4.78 is 0. The van der Waals surface area contributed by atoms with Crippen LogP contribution in [0.25, 0.3) is 0 Å². The number of rotatable bonds is 0. The topological polar surface area (TPSA) is 0 Å². The van der Waals surface area contributed by atoms with Crippen LogP contribution in [-0.4, -0.2) is 0 Å². The van der Waals surface area contributed by atoms with E-state index in [1.807, 2.05) is 0 Å². The maximum Gasteiger partial charge on any atom is 0.106 e. The SMILES string of the molecule is [CH2+]C1(C)CC2CCC1C2. The van der Waals surface area contributed by atoms with E-state index in [1.165, 1.54) is 25.7 Å². The summed E-state index contributed by atoms with van der Waals surface area (Å²) in [6.45, 7) is 6.58. The lowest BCUT2D eigenvalue weighted by Gasteiger charge is -2.22. The highest BCUT2D eigenvalue weighted by atomic mass is 14.5. The van der Waals surface area contributed by atoms with Crippen molar-refractivity contribution in [3.63, 3.8) is 0 Å². The molecule has 0 heteroatoms. The molecular weight excluding hydrogens is 108 g/mol. The van der Waals surface area contributed by atoms with Crippen LogP contribution in [0.5, 0.6) is 0 Å². The zero-order valence-electron chi connectivity index (χ0n) is 6.19. The lowest BCUT2D eigenvalue weighted by molar-refractivity contribution is 0.255. The first-order valence-corrected chi connectivity index (χ1v) is 4.04. The van der Waals surface area contributed by atoms with Crippen molar-refractivity contribution in [1.82, 2.24) is 0 Å². The first-order chi connectivity index (χ1) is 4.18. The highest BCUT2D eigenvalue weighted by Gasteiger charge is 2.49. The molecule has 0 spiro atoms. The van der Waals surface area contributed by atoms with Gasteiger partial charge in [0.05, 0.1) is 6.92 Å². The van der Waals surface area contributed by atoms with Crippen molar-refractivity contribution in [3.8, 4) is 0 Å². The lowest BCUT2D eigenvalue weighted by Crippen LogP contribution is -2.19. The molecule has 0 aromatic heterocycles. The average Bonchev–Trinajstić information content (AvgIpc) is 2.19. The molecule has 2 bridgehead atoms. The fraction of sp³-hybridized carbons (Fsp3) is 0.889. The van der Waals surface area contributed by atoms with Gasteiger partial charge in [0.2, 0.25) is 0 Å². The molecular formula is C9H15+. The van der Waals surface area contributed by atoms with Crippen molar-refractivity contribution in [1.29, 1.82) is 0 Å². The molecule has 0 radical (unpaired) electrons. The van der Waals surface area contributed by atoms with Crippen LogP contribution in [0.15, 0.2) is 0 Å². The minimum Gasteiger partial charge on any atom is -0.0498 e. The second kappa shape index (κ2) is 1.47. The van der Waals surface area contributed by atoms with Gasteiger partial charge in [-0.15, -0.1) is 0 Å². The summed E-state index contributed by atoms with van der Waals surface area (Å²) in [5.41, 5.74) is 0.461. The lowest BCUT2D eigenvalue weighted by atomic mass is 9.77. The van der Waals surface area contributed by atoms with Gasteiger partial charge in [-0.25, -0.2) is 0 Å². The van der Waals surface area contributed by atoms with Gasteiger partial charge < -0.3 is 0 Å². The molecule has 50 valence electrons. The number of fused-ring (bicyclic) bond motifs is 2. The molecule has 0 aromatic carbocycles. The van der Waals surface area contributed by atoms with Crippen molar-refractivity contribution in [2.75, 3.05) is 0 Å². The molecule has 0 nitrogen and oxygen atoms in total. The summed E-state index contributed by atoms with van der Waals surface area (Å²) >= 11 is 0. The number of hydrogen-bond acceptors (Lipinski definition) is 0. The predicted molar refractivity (Wildman–Crippen MR) is 38.9 cm³/mol. The van der Waals surface area contributed by atoms with E-state index in [4.69, 9.17) is 0 Å². The third-order valence-corrected chi connectivity index (χ3v) is 3.28. The minimum atomic E-state index is 0.461. The Labute approximate surface area is 57.6 Å². The molecule has 2 fully saturated rings. The second-order valence-electron chi connectivity index (χ2n) is 4.23. The Morgan fingerprint density at radius 1 is 1.44 bits per heavy atom. The fourth-order valence-electron chi connectivity index (χ4n) is 2.72. The molecule has 0 aliphatic heterocycles. The Kier molecular flexibility index (Phi) is 0.924. The van der Waals surface area contributed by atoms with Gasteiger partial charge in [0.25, 0.3) is 0 Å². The zero-order valence-corrected chi connectivity index (χ0v) is 6.19. The van der Waals surface area contributed by atoms with Crippen LogP contribution >= 0.6 is 0 Å². The Balaban J connectivity index is 2.18. The summed E-state index contributed by atoms with van der Waals surface area (Å²) in [4.78, 5) is 0. The molecule has 0 aromatic rings. The van der Waals surface area contributed by atoms with Crippen LogP contribution in [-0.2, 0) is 0 Å². The zero-order chi connectivity index (χ0) is 6.48. The van der Waals surface area contributed by atoms with Gasteiger partial charge in [-0.1, -0.05) is 0 Å². The quantitative estimate of drug-likeness (QED) is 0.434. The Bertz CT molecular complexity index is 124. The van der Waals surface area contributed by atoms with E-state index in [0.717, 1.165) is 11.8 Å². The molecule has 2 saturated carbocycles. The van der Waals surface area contributed by atoms with Crippen molar-refractivity contribution in [3.05, 3.63) is 6.92 Å². The standard InChI is InChI=1S/C9H15/c1-9(2)6-7-3-4-8(9)5-7/h7-8H,1,3-6H2,2H3/q+1. The summed E-state index contributed by atoms with van der Waals surface area (Å²) in [6, 6.07) is 0.